The summed E-state index contributed by atoms with van der Waals surface area (Å²) >= 11 is 6.07. The van der Waals surface area contributed by atoms with Crippen molar-refractivity contribution in [3.05, 3.63) is 59.4 Å². The molecular formula is C15H13ClN2. The molecule has 0 radical (unpaired) electrons. The number of halogens is 1. The standard InChI is InChI=1S/C15H13ClN2/c1-2-15-17-13-8-3-4-9-14(13)18(15)12-7-5-6-11(16)10-12/h3-10H,2H2,1H3. The minimum Gasteiger partial charge on any atom is -0.296 e. The second-order valence-corrected chi connectivity index (χ2v) is 4.62. The lowest BCUT2D eigenvalue weighted by atomic mass is 10.2. The van der Waals surface area contributed by atoms with E-state index in [0.29, 0.717) is 0 Å². The van der Waals surface area contributed by atoms with Gasteiger partial charge in [0.05, 0.1) is 11.0 Å². The van der Waals surface area contributed by atoms with E-state index in [0.717, 1.165) is 34.0 Å². The molecule has 0 atom stereocenters. The molecule has 0 N–H and O–H groups in total. The lowest BCUT2D eigenvalue weighted by molar-refractivity contribution is 0.908. The van der Waals surface area contributed by atoms with Crippen LogP contribution < -0.4 is 0 Å². The molecule has 2 nitrogen and oxygen atoms in total. The van der Waals surface area contributed by atoms with E-state index in [9.17, 15) is 0 Å². The third-order valence-electron chi connectivity index (χ3n) is 3.01. The van der Waals surface area contributed by atoms with Crippen molar-refractivity contribution in [1.82, 2.24) is 9.55 Å². The molecule has 0 amide bonds. The van der Waals surface area contributed by atoms with Gasteiger partial charge in [0.1, 0.15) is 5.82 Å². The summed E-state index contributed by atoms with van der Waals surface area (Å²) in [7, 11) is 0. The first-order chi connectivity index (χ1) is 8.79. The Bertz CT molecular complexity index is 701. The fourth-order valence-corrected chi connectivity index (χ4v) is 2.40. The minimum atomic E-state index is 0.743. The van der Waals surface area contributed by atoms with Gasteiger partial charge in [0.2, 0.25) is 0 Å². The maximum Gasteiger partial charge on any atom is 0.114 e. The van der Waals surface area contributed by atoms with Gasteiger partial charge in [-0.15, -0.1) is 0 Å². The average Bonchev–Trinajstić information content (AvgIpc) is 2.77. The van der Waals surface area contributed by atoms with Crippen LogP contribution in [0.5, 0.6) is 0 Å². The summed E-state index contributed by atoms with van der Waals surface area (Å²) in [6.07, 6.45) is 0.890. The van der Waals surface area contributed by atoms with Crippen LogP contribution >= 0.6 is 11.6 Å². The number of hydrogen-bond donors (Lipinski definition) is 0. The van der Waals surface area contributed by atoms with Crippen LogP contribution in [0.3, 0.4) is 0 Å². The van der Waals surface area contributed by atoms with Gasteiger partial charge in [-0.2, -0.15) is 0 Å². The van der Waals surface area contributed by atoms with Crippen LogP contribution in [0.2, 0.25) is 5.02 Å². The van der Waals surface area contributed by atoms with Crippen molar-refractivity contribution in [3.8, 4) is 5.69 Å². The van der Waals surface area contributed by atoms with E-state index >= 15 is 0 Å². The van der Waals surface area contributed by atoms with Crippen molar-refractivity contribution in [2.24, 2.45) is 0 Å². The molecule has 0 aliphatic heterocycles. The third-order valence-corrected chi connectivity index (χ3v) is 3.25. The first kappa shape index (κ1) is 11.3. The molecule has 3 aromatic rings. The molecule has 1 heterocycles. The molecule has 0 saturated carbocycles. The fraction of sp³-hybridized carbons (Fsp3) is 0.133. The zero-order valence-corrected chi connectivity index (χ0v) is 10.9. The van der Waals surface area contributed by atoms with Crippen molar-refractivity contribution >= 4 is 22.6 Å². The van der Waals surface area contributed by atoms with E-state index in [4.69, 9.17) is 11.6 Å². The van der Waals surface area contributed by atoms with Crippen LogP contribution in [0.15, 0.2) is 48.5 Å². The summed E-state index contributed by atoms with van der Waals surface area (Å²) in [6.45, 7) is 2.11. The first-order valence-corrected chi connectivity index (χ1v) is 6.39. The predicted octanol–water partition coefficient (Wildman–Crippen LogP) is 4.24. The predicted molar refractivity (Wildman–Crippen MR) is 75.5 cm³/mol. The number of aromatic nitrogens is 2. The van der Waals surface area contributed by atoms with Crippen molar-refractivity contribution in [2.45, 2.75) is 13.3 Å². The normalized spacial score (nSPS) is 11.0. The molecule has 90 valence electrons. The molecule has 3 heteroatoms. The Hall–Kier alpha value is -1.80. The first-order valence-electron chi connectivity index (χ1n) is 6.02. The number of para-hydroxylation sites is 2. The molecule has 0 fully saturated rings. The Morgan fingerprint density at radius 2 is 1.94 bits per heavy atom. The van der Waals surface area contributed by atoms with Gasteiger partial charge in [-0.1, -0.05) is 36.7 Å². The highest BCUT2D eigenvalue weighted by molar-refractivity contribution is 6.30. The zero-order valence-electron chi connectivity index (χ0n) is 10.1. The number of fused-ring (bicyclic) bond motifs is 1. The molecule has 0 saturated heterocycles. The van der Waals surface area contributed by atoms with Crippen LogP contribution in [-0.4, -0.2) is 9.55 Å². The molecule has 1 aromatic heterocycles. The molecule has 2 aromatic carbocycles. The van der Waals surface area contributed by atoms with Crippen molar-refractivity contribution in [1.29, 1.82) is 0 Å². The summed E-state index contributed by atoms with van der Waals surface area (Å²) in [5.74, 6) is 1.05. The molecule has 0 spiro atoms. The quantitative estimate of drug-likeness (QED) is 0.671. The summed E-state index contributed by atoms with van der Waals surface area (Å²) in [4.78, 5) is 4.66. The highest BCUT2D eigenvalue weighted by atomic mass is 35.5. The maximum absolute atomic E-state index is 6.07. The highest BCUT2D eigenvalue weighted by Gasteiger charge is 2.10. The van der Waals surface area contributed by atoms with E-state index in [1.54, 1.807) is 0 Å². The summed E-state index contributed by atoms with van der Waals surface area (Å²) in [5.41, 5.74) is 3.21. The molecule has 0 aliphatic carbocycles. The van der Waals surface area contributed by atoms with Gasteiger partial charge in [0, 0.05) is 17.1 Å². The number of nitrogens with zero attached hydrogens (tertiary/aromatic N) is 2. The highest BCUT2D eigenvalue weighted by Crippen LogP contribution is 2.23. The Morgan fingerprint density at radius 3 is 2.72 bits per heavy atom. The molecule has 0 unspecified atom stereocenters. The van der Waals surface area contributed by atoms with E-state index in [1.165, 1.54) is 0 Å². The lowest BCUT2D eigenvalue weighted by Gasteiger charge is -2.08. The second kappa shape index (κ2) is 4.46. The van der Waals surface area contributed by atoms with Gasteiger partial charge in [0.15, 0.2) is 0 Å². The van der Waals surface area contributed by atoms with Crippen molar-refractivity contribution in [2.75, 3.05) is 0 Å². The average molecular weight is 257 g/mol. The van der Waals surface area contributed by atoms with E-state index in [-0.39, 0.29) is 0 Å². The molecule has 18 heavy (non-hydrogen) atoms. The fourth-order valence-electron chi connectivity index (χ4n) is 2.22. The number of hydrogen-bond acceptors (Lipinski definition) is 1. The van der Waals surface area contributed by atoms with Gasteiger partial charge in [0.25, 0.3) is 0 Å². The molecular weight excluding hydrogens is 244 g/mol. The zero-order chi connectivity index (χ0) is 12.5. The Kier molecular flexibility index (Phi) is 2.80. The SMILES string of the molecule is CCc1nc2ccccc2n1-c1cccc(Cl)c1. The topological polar surface area (TPSA) is 17.8 Å². The summed E-state index contributed by atoms with van der Waals surface area (Å²) < 4.78 is 2.17. The van der Waals surface area contributed by atoms with Crippen LogP contribution in [0.4, 0.5) is 0 Å². The maximum atomic E-state index is 6.07. The summed E-state index contributed by atoms with van der Waals surface area (Å²) in [6, 6.07) is 16.0. The smallest absolute Gasteiger partial charge is 0.114 e. The van der Waals surface area contributed by atoms with E-state index < -0.39 is 0 Å². The second-order valence-electron chi connectivity index (χ2n) is 4.19. The Labute approximate surface area is 111 Å². The summed E-state index contributed by atoms with van der Waals surface area (Å²) in [5, 5.41) is 0.743. The van der Waals surface area contributed by atoms with Crippen LogP contribution in [-0.2, 0) is 6.42 Å². The third kappa shape index (κ3) is 1.79. The monoisotopic (exact) mass is 256 g/mol. The van der Waals surface area contributed by atoms with Crippen LogP contribution in [0.1, 0.15) is 12.7 Å². The van der Waals surface area contributed by atoms with E-state index in [2.05, 4.69) is 28.6 Å². The minimum absolute atomic E-state index is 0.743. The lowest BCUT2D eigenvalue weighted by Crippen LogP contribution is -1.99. The van der Waals surface area contributed by atoms with Crippen LogP contribution in [0.25, 0.3) is 16.7 Å². The number of rotatable bonds is 2. The van der Waals surface area contributed by atoms with Gasteiger partial charge in [-0.25, -0.2) is 4.98 Å². The number of imidazole rings is 1. The van der Waals surface area contributed by atoms with Gasteiger partial charge < -0.3 is 0 Å². The molecule has 3 rings (SSSR count). The van der Waals surface area contributed by atoms with Crippen molar-refractivity contribution < 1.29 is 0 Å². The van der Waals surface area contributed by atoms with Gasteiger partial charge >= 0.3 is 0 Å². The van der Waals surface area contributed by atoms with Gasteiger partial charge in [-0.3, -0.25) is 4.57 Å². The Balaban J connectivity index is 2.33. The molecule has 0 aliphatic rings. The number of benzene rings is 2. The molecule has 0 bridgehead atoms. The number of aryl methyl sites for hydroxylation is 1. The van der Waals surface area contributed by atoms with Gasteiger partial charge in [-0.05, 0) is 30.3 Å². The van der Waals surface area contributed by atoms with Crippen LogP contribution in [0, 0.1) is 0 Å². The Morgan fingerprint density at radius 1 is 1.11 bits per heavy atom. The van der Waals surface area contributed by atoms with E-state index in [1.807, 2.05) is 36.4 Å². The van der Waals surface area contributed by atoms with Crippen molar-refractivity contribution in [3.63, 3.8) is 0 Å². The largest absolute Gasteiger partial charge is 0.296 e.